The molecule has 1 aromatic carbocycles. The van der Waals surface area contributed by atoms with Gasteiger partial charge in [0.2, 0.25) is 0 Å². The second-order valence-electron chi connectivity index (χ2n) is 5.10. The molecule has 0 N–H and O–H groups in total. The number of esters is 1. The maximum Gasteiger partial charge on any atom is 0.315 e. The van der Waals surface area contributed by atoms with Gasteiger partial charge in [-0.1, -0.05) is 24.3 Å². The van der Waals surface area contributed by atoms with Gasteiger partial charge >= 0.3 is 5.97 Å². The van der Waals surface area contributed by atoms with Crippen LogP contribution in [0.1, 0.15) is 25.8 Å². The average molecular weight is 260 g/mol. The van der Waals surface area contributed by atoms with E-state index in [0.29, 0.717) is 13.0 Å². The quantitative estimate of drug-likeness (QED) is 0.602. The first kappa shape index (κ1) is 13.7. The minimum Gasteiger partial charge on any atom is -0.490 e. The van der Waals surface area contributed by atoms with Crippen molar-refractivity contribution in [2.24, 2.45) is 5.41 Å². The highest BCUT2D eigenvalue weighted by molar-refractivity contribution is 5.78. The Hall–Kier alpha value is -1.77. The van der Waals surface area contributed by atoms with Gasteiger partial charge in [0.15, 0.2) is 0 Å². The van der Waals surface area contributed by atoms with Crippen molar-refractivity contribution in [3.8, 4) is 5.75 Å². The number of para-hydroxylation sites is 1. The number of hydrogen-bond donors (Lipinski definition) is 0. The molecule has 2 atom stereocenters. The van der Waals surface area contributed by atoms with E-state index in [4.69, 9.17) is 9.47 Å². The predicted molar refractivity (Wildman–Crippen MR) is 74.1 cm³/mol. The first-order chi connectivity index (χ1) is 9.09. The maximum absolute atomic E-state index is 12.0. The van der Waals surface area contributed by atoms with Crippen LogP contribution in [0.5, 0.6) is 5.75 Å². The molecule has 0 radical (unpaired) electrons. The Morgan fingerprint density at radius 1 is 1.58 bits per heavy atom. The van der Waals surface area contributed by atoms with E-state index in [2.05, 4.69) is 12.6 Å². The fraction of sp³-hybridized carbons (Fsp3) is 0.438. The summed E-state index contributed by atoms with van der Waals surface area (Å²) < 4.78 is 11.0. The van der Waals surface area contributed by atoms with Gasteiger partial charge in [-0.15, -0.1) is 6.58 Å². The topological polar surface area (TPSA) is 35.5 Å². The monoisotopic (exact) mass is 260 g/mol. The van der Waals surface area contributed by atoms with Crippen molar-refractivity contribution in [3.05, 3.63) is 42.5 Å². The summed E-state index contributed by atoms with van der Waals surface area (Å²) in [6, 6.07) is 7.98. The third-order valence-corrected chi connectivity index (χ3v) is 3.56. The highest BCUT2D eigenvalue weighted by atomic mass is 16.5. The zero-order chi connectivity index (χ0) is 13.9. The minimum absolute atomic E-state index is 0.00445. The lowest BCUT2D eigenvalue weighted by Gasteiger charge is -2.26. The van der Waals surface area contributed by atoms with E-state index in [1.807, 2.05) is 32.0 Å². The molecule has 0 amide bonds. The number of fused-ring (bicyclic) bond motifs is 1. The van der Waals surface area contributed by atoms with E-state index in [1.165, 1.54) is 5.56 Å². The van der Waals surface area contributed by atoms with Crippen molar-refractivity contribution in [2.75, 3.05) is 6.61 Å². The lowest BCUT2D eigenvalue weighted by molar-refractivity contribution is -0.152. The van der Waals surface area contributed by atoms with Crippen LogP contribution in [0.3, 0.4) is 0 Å². The summed E-state index contributed by atoms with van der Waals surface area (Å²) in [5.74, 6) is 0.687. The first-order valence-electron chi connectivity index (χ1n) is 6.64. The van der Waals surface area contributed by atoms with Gasteiger partial charge in [-0.3, -0.25) is 4.79 Å². The van der Waals surface area contributed by atoms with Crippen LogP contribution in [-0.4, -0.2) is 18.7 Å². The summed E-state index contributed by atoms with van der Waals surface area (Å²) in [6.07, 6.45) is 3.09. The predicted octanol–water partition coefficient (Wildman–Crippen LogP) is 3.14. The second-order valence-corrected chi connectivity index (χ2v) is 5.10. The fourth-order valence-corrected chi connectivity index (χ4v) is 2.39. The van der Waals surface area contributed by atoms with Crippen LogP contribution in [0.2, 0.25) is 0 Å². The molecule has 1 heterocycles. The van der Waals surface area contributed by atoms with Crippen molar-refractivity contribution < 1.29 is 14.3 Å². The average Bonchev–Trinajstić information content (AvgIpc) is 2.80. The Balaban J connectivity index is 2.05. The van der Waals surface area contributed by atoms with Crippen LogP contribution < -0.4 is 4.74 Å². The summed E-state index contributed by atoms with van der Waals surface area (Å²) in [5.41, 5.74) is 0.505. The molecule has 0 saturated carbocycles. The number of rotatable bonds is 5. The molecule has 0 aromatic heterocycles. The molecule has 0 aliphatic carbocycles. The summed E-state index contributed by atoms with van der Waals surface area (Å²) >= 11 is 0. The molecule has 0 spiro atoms. The third-order valence-electron chi connectivity index (χ3n) is 3.56. The molecule has 19 heavy (non-hydrogen) atoms. The van der Waals surface area contributed by atoms with Gasteiger partial charge in [0.1, 0.15) is 11.9 Å². The van der Waals surface area contributed by atoms with E-state index in [-0.39, 0.29) is 12.1 Å². The molecule has 0 saturated heterocycles. The molecule has 3 nitrogen and oxygen atoms in total. The van der Waals surface area contributed by atoms with Gasteiger partial charge in [0.25, 0.3) is 0 Å². The van der Waals surface area contributed by atoms with Gasteiger partial charge in [-0.05, 0) is 25.5 Å². The van der Waals surface area contributed by atoms with Crippen LogP contribution in [-0.2, 0) is 16.0 Å². The number of hydrogen-bond acceptors (Lipinski definition) is 3. The molecule has 1 aliphatic heterocycles. The molecule has 0 fully saturated rings. The molecule has 2 unspecified atom stereocenters. The van der Waals surface area contributed by atoms with Crippen molar-refractivity contribution in [1.29, 1.82) is 0 Å². The Labute approximate surface area is 114 Å². The van der Waals surface area contributed by atoms with E-state index >= 15 is 0 Å². The largest absolute Gasteiger partial charge is 0.490 e. The molecule has 2 rings (SSSR count). The van der Waals surface area contributed by atoms with Gasteiger partial charge in [0.05, 0.1) is 12.0 Å². The summed E-state index contributed by atoms with van der Waals surface area (Å²) in [7, 11) is 0. The standard InChI is InChI=1S/C16H20O3/c1-4-16(3,15(17)18-5-2)11-13-10-12-8-6-7-9-14(12)19-13/h4,6-9,13H,1,5,10-11H2,2-3H3. The molecule has 102 valence electrons. The Kier molecular flexibility index (Phi) is 3.93. The highest BCUT2D eigenvalue weighted by Crippen LogP contribution is 2.35. The molecular formula is C16H20O3. The lowest BCUT2D eigenvalue weighted by Crippen LogP contribution is -2.33. The smallest absolute Gasteiger partial charge is 0.315 e. The lowest BCUT2D eigenvalue weighted by atomic mass is 9.83. The molecule has 1 aromatic rings. The van der Waals surface area contributed by atoms with Crippen molar-refractivity contribution in [2.45, 2.75) is 32.8 Å². The maximum atomic E-state index is 12.0. The van der Waals surface area contributed by atoms with E-state index in [1.54, 1.807) is 6.08 Å². The highest BCUT2D eigenvalue weighted by Gasteiger charge is 2.37. The molecule has 1 aliphatic rings. The Bertz CT molecular complexity index is 456. The number of carbonyl (C=O) groups excluding carboxylic acids is 1. The van der Waals surface area contributed by atoms with E-state index in [9.17, 15) is 4.79 Å². The Morgan fingerprint density at radius 3 is 2.95 bits per heavy atom. The summed E-state index contributed by atoms with van der Waals surface area (Å²) in [4.78, 5) is 12.0. The van der Waals surface area contributed by atoms with Gasteiger partial charge in [-0.2, -0.15) is 0 Å². The molecule has 0 bridgehead atoms. The van der Waals surface area contributed by atoms with Crippen LogP contribution in [0.15, 0.2) is 36.9 Å². The summed E-state index contributed by atoms with van der Waals surface area (Å²) in [6.45, 7) is 7.81. The van der Waals surface area contributed by atoms with Gasteiger partial charge in [-0.25, -0.2) is 0 Å². The van der Waals surface area contributed by atoms with Crippen molar-refractivity contribution >= 4 is 5.97 Å². The SMILES string of the molecule is C=CC(C)(CC1Cc2ccccc2O1)C(=O)OCC. The van der Waals surface area contributed by atoms with Crippen LogP contribution in [0, 0.1) is 5.41 Å². The molecular weight excluding hydrogens is 240 g/mol. The van der Waals surface area contributed by atoms with Crippen molar-refractivity contribution in [3.63, 3.8) is 0 Å². The van der Waals surface area contributed by atoms with Crippen molar-refractivity contribution in [1.82, 2.24) is 0 Å². The number of carbonyl (C=O) groups is 1. The first-order valence-corrected chi connectivity index (χ1v) is 6.64. The van der Waals surface area contributed by atoms with Gasteiger partial charge in [0, 0.05) is 12.8 Å². The molecule has 3 heteroatoms. The van der Waals surface area contributed by atoms with Crippen LogP contribution in [0.25, 0.3) is 0 Å². The van der Waals surface area contributed by atoms with Gasteiger partial charge < -0.3 is 9.47 Å². The van der Waals surface area contributed by atoms with Crippen LogP contribution in [0.4, 0.5) is 0 Å². The summed E-state index contributed by atoms with van der Waals surface area (Å²) in [5, 5.41) is 0. The fourth-order valence-electron chi connectivity index (χ4n) is 2.39. The second kappa shape index (κ2) is 5.47. The minimum atomic E-state index is -0.692. The zero-order valence-electron chi connectivity index (χ0n) is 11.5. The van der Waals surface area contributed by atoms with E-state index in [0.717, 1.165) is 12.2 Å². The number of benzene rings is 1. The Morgan fingerprint density at radius 2 is 2.32 bits per heavy atom. The van der Waals surface area contributed by atoms with Crippen LogP contribution >= 0.6 is 0 Å². The van der Waals surface area contributed by atoms with E-state index < -0.39 is 5.41 Å². The number of ether oxygens (including phenoxy) is 2. The third kappa shape index (κ3) is 2.80. The normalized spacial score (nSPS) is 20.0. The zero-order valence-corrected chi connectivity index (χ0v) is 11.5.